The third kappa shape index (κ3) is 6.37. The van der Waals surface area contributed by atoms with Crippen molar-refractivity contribution in [3.8, 4) is 0 Å². The largest absolute Gasteiger partial charge is 0.351 e. The average Bonchev–Trinajstić information content (AvgIpc) is 3.00. The molecule has 1 aromatic heterocycles. The Morgan fingerprint density at radius 1 is 1.48 bits per heavy atom. The summed E-state index contributed by atoms with van der Waals surface area (Å²) >= 11 is 0. The highest BCUT2D eigenvalue weighted by molar-refractivity contribution is 5.86. The first-order chi connectivity index (χ1) is 10.1. The molecule has 132 valence electrons. The van der Waals surface area contributed by atoms with Gasteiger partial charge in [0.15, 0.2) is 0 Å². The van der Waals surface area contributed by atoms with Crippen molar-refractivity contribution in [2.24, 2.45) is 0 Å². The van der Waals surface area contributed by atoms with Gasteiger partial charge in [-0.25, -0.2) is 0 Å². The maximum absolute atomic E-state index is 12.2. The van der Waals surface area contributed by atoms with E-state index in [1.807, 2.05) is 0 Å². The molecule has 0 spiro atoms. The number of hydrogen-bond donors (Lipinski definition) is 2. The molecule has 2 atom stereocenters. The molecule has 1 fully saturated rings. The van der Waals surface area contributed by atoms with E-state index < -0.39 is 6.04 Å². The van der Waals surface area contributed by atoms with Gasteiger partial charge in [0.1, 0.15) is 6.04 Å². The molecule has 2 amide bonds. The molecule has 23 heavy (non-hydrogen) atoms. The van der Waals surface area contributed by atoms with E-state index in [0.29, 0.717) is 0 Å². The Hall–Kier alpha value is -1.31. The molecule has 2 heterocycles. The van der Waals surface area contributed by atoms with Crippen molar-refractivity contribution in [2.45, 2.75) is 31.8 Å². The number of hydrogen-bond acceptors (Lipinski definition) is 4. The van der Waals surface area contributed by atoms with Gasteiger partial charge in [-0.2, -0.15) is 5.10 Å². The molecular weight excluding hydrogens is 341 g/mol. The van der Waals surface area contributed by atoms with Gasteiger partial charge in [-0.3, -0.25) is 14.3 Å². The summed E-state index contributed by atoms with van der Waals surface area (Å²) in [6.07, 6.45) is 5.42. The van der Waals surface area contributed by atoms with Gasteiger partial charge in [-0.05, 0) is 32.4 Å². The molecule has 9 heteroatoms. The minimum Gasteiger partial charge on any atom is -0.351 e. The number of halogens is 2. The molecule has 2 rings (SSSR count). The van der Waals surface area contributed by atoms with Crippen LogP contribution in [0.2, 0.25) is 0 Å². The summed E-state index contributed by atoms with van der Waals surface area (Å²) < 4.78 is 1.59. The Morgan fingerprint density at radius 2 is 2.22 bits per heavy atom. The van der Waals surface area contributed by atoms with Crippen LogP contribution in [0.25, 0.3) is 0 Å². The number of carbonyl (C=O) groups is 2. The number of amides is 2. The highest BCUT2D eigenvalue weighted by Gasteiger charge is 2.22. The maximum Gasteiger partial charge on any atom is 0.247 e. The molecule has 0 saturated carbocycles. The van der Waals surface area contributed by atoms with Gasteiger partial charge < -0.3 is 15.5 Å². The molecular formula is C14H25Cl2N5O2. The predicted molar refractivity (Wildman–Crippen MR) is 93.1 cm³/mol. The summed E-state index contributed by atoms with van der Waals surface area (Å²) in [6, 6.07) is 1.53. The quantitative estimate of drug-likeness (QED) is 0.801. The summed E-state index contributed by atoms with van der Waals surface area (Å²) in [6.45, 7) is 3.65. The van der Waals surface area contributed by atoms with Crippen molar-refractivity contribution < 1.29 is 9.59 Å². The number of aromatic nitrogens is 2. The Morgan fingerprint density at radius 3 is 2.78 bits per heavy atom. The van der Waals surface area contributed by atoms with E-state index in [-0.39, 0.29) is 49.2 Å². The lowest BCUT2D eigenvalue weighted by Crippen LogP contribution is -2.49. The van der Waals surface area contributed by atoms with E-state index in [0.717, 1.165) is 25.9 Å². The first-order valence-corrected chi connectivity index (χ1v) is 7.32. The van der Waals surface area contributed by atoms with Crippen LogP contribution in [0.1, 0.15) is 25.8 Å². The molecule has 0 aromatic carbocycles. The smallest absolute Gasteiger partial charge is 0.247 e. The van der Waals surface area contributed by atoms with Crippen molar-refractivity contribution in [2.75, 3.05) is 26.7 Å². The van der Waals surface area contributed by atoms with Gasteiger partial charge in [0, 0.05) is 32.0 Å². The fourth-order valence-corrected chi connectivity index (χ4v) is 2.48. The first kappa shape index (κ1) is 21.7. The number of carbonyl (C=O) groups excluding carboxylic acids is 2. The standard InChI is InChI=1S/C14H23N5O2.2ClH/c1-11(19-8-4-7-16-19)14(21)18(2)10-13(20)17-12-5-3-6-15-9-12;;/h4,7-8,11-12,15H,3,5-6,9-10H2,1-2H3,(H,17,20);2*1H. The van der Waals surface area contributed by atoms with Crippen LogP contribution in [0.5, 0.6) is 0 Å². The molecule has 0 radical (unpaired) electrons. The minimum atomic E-state index is -0.408. The molecule has 0 aliphatic carbocycles. The van der Waals surface area contributed by atoms with Crippen LogP contribution in [-0.2, 0) is 9.59 Å². The summed E-state index contributed by atoms with van der Waals surface area (Å²) in [5.74, 6) is -0.247. The molecule has 0 bridgehead atoms. The Labute approximate surface area is 149 Å². The third-order valence-electron chi connectivity index (χ3n) is 3.70. The zero-order valence-corrected chi connectivity index (χ0v) is 15.0. The van der Waals surface area contributed by atoms with Gasteiger partial charge in [-0.1, -0.05) is 0 Å². The highest BCUT2D eigenvalue weighted by Crippen LogP contribution is 2.07. The minimum absolute atomic E-state index is 0. The molecule has 7 nitrogen and oxygen atoms in total. The van der Waals surface area contributed by atoms with Gasteiger partial charge in [0.05, 0.1) is 6.54 Å². The van der Waals surface area contributed by atoms with E-state index >= 15 is 0 Å². The second-order valence-corrected chi connectivity index (χ2v) is 5.47. The van der Waals surface area contributed by atoms with Gasteiger partial charge in [0.2, 0.25) is 11.8 Å². The predicted octanol–water partition coefficient (Wildman–Crippen LogP) is 0.614. The van der Waals surface area contributed by atoms with Gasteiger partial charge in [-0.15, -0.1) is 24.8 Å². The number of nitrogens with one attached hydrogen (secondary N) is 2. The number of rotatable bonds is 5. The van der Waals surface area contributed by atoms with E-state index in [4.69, 9.17) is 0 Å². The van der Waals surface area contributed by atoms with E-state index in [1.165, 1.54) is 4.90 Å². The molecule has 1 aliphatic rings. The number of likely N-dealkylation sites (N-methyl/N-ethyl adjacent to an activating group) is 1. The highest BCUT2D eigenvalue weighted by atomic mass is 35.5. The zero-order valence-electron chi connectivity index (χ0n) is 13.4. The van der Waals surface area contributed by atoms with Crippen LogP contribution >= 0.6 is 24.8 Å². The lowest BCUT2D eigenvalue weighted by Gasteiger charge is -2.26. The Bertz CT molecular complexity index is 478. The Balaban J connectivity index is 0.00000242. The van der Waals surface area contributed by atoms with Gasteiger partial charge in [0.25, 0.3) is 0 Å². The Kier molecular flexibility index (Phi) is 9.87. The molecule has 1 aliphatic heterocycles. The average molecular weight is 366 g/mol. The number of nitrogens with zero attached hydrogens (tertiary/aromatic N) is 3. The van der Waals surface area contributed by atoms with E-state index in [2.05, 4.69) is 15.7 Å². The van der Waals surface area contributed by atoms with E-state index in [1.54, 1.807) is 37.1 Å². The van der Waals surface area contributed by atoms with Crippen LogP contribution in [0.4, 0.5) is 0 Å². The zero-order chi connectivity index (χ0) is 15.2. The van der Waals surface area contributed by atoms with Crippen molar-refractivity contribution in [1.82, 2.24) is 25.3 Å². The summed E-state index contributed by atoms with van der Waals surface area (Å²) in [5, 5.41) is 10.3. The summed E-state index contributed by atoms with van der Waals surface area (Å²) in [7, 11) is 1.64. The van der Waals surface area contributed by atoms with E-state index in [9.17, 15) is 9.59 Å². The second kappa shape index (κ2) is 10.5. The van der Waals surface area contributed by atoms with Crippen LogP contribution in [-0.4, -0.2) is 59.2 Å². The molecule has 2 unspecified atom stereocenters. The third-order valence-corrected chi connectivity index (χ3v) is 3.70. The van der Waals surface area contributed by atoms with Crippen LogP contribution in [0.15, 0.2) is 18.5 Å². The lowest BCUT2D eigenvalue weighted by molar-refractivity contribution is -0.137. The molecule has 1 aromatic rings. The fourth-order valence-electron chi connectivity index (χ4n) is 2.48. The van der Waals surface area contributed by atoms with Crippen LogP contribution in [0, 0.1) is 0 Å². The summed E-state index contributed by atoms with van der Waals surface area (Å²) in [5.41, 5.74) is 0. The number of piperidine rings is 1. The van der Waals surface area contributed by atoms with Crippen molar-refractivity contribution in [3.05, 3.63) is 18.5 Å². The van der Waals surface area contributed by atoms with Crippen molar-refractivity contribution in [3.63, 3.8) is 0 Å². The maximum atomic E-state index is 12.2. The van der Waals surface area contributed by atoms with Crippen LogP contribution < -0.4 is 10.6 Å². The summed E-state index contributed by atoms with van der Waals surface area (Å²) in [4.78, 5) is 25.7. The van der Waals surface area contributed by atoms with Crippen molar-refractivity contribution >= 4 is 36.6 Å². The molecule has 1 saturated heterocycles. The topological polar surface area (TPSA) is 79.3 Å². The SMILES string of the molecule is CC(C(=O)N(C)CC(=O)NC1CCCNC1)n1cccn1.Cl.Cl. The van der Waals surface area contributed by atoms with Crippen LogP contribution in [0.3, 0.4) is 0 Å². The molecule has 2 N–H and O–H groups in total. The van der Waals surface area contributed by atoms with Gasteiger partial charge >= 0.3 is 0 Å². The monoisotopic (exact) mass is 365 g/mol. The fraction of sp³-hybridized carbons (Fsp3) is 0.643. The first-order valence-electron chi connectivity index (χ1n) is 7.32. The lowest BCUT2D eigenvalue weighted by atomic mass is 10.1. The van der Waals surface area contributed by atoms with Crippen molar-refractivity contribution in [1.29, 1.82) is 0 Å². The second-order valence-electron chi connectivity index (χ2n) is 5.47. The normalized spacial score (nSPS) is 18.1.